The molecule has 0 bridgehead atoms. The molecule has 0 aliphatic heterocycles. The number of nitrogens with zero attached hydrogens (tertiary/aromatic N) is 3. The zero-order valence-corrected chi connectivity index (χ0v) is 9.84. The van der Waals surface area contributed by atoms with Crippen molar-refractivity contribution < 1.29 is 4.79 Å². The first-order chi connectivity index (χ1) is 6.89. The number of amides is 1. The molecule has 0 saturated heterocycles. The fraction of sp³-hybridized carbons (Fsp3) is 0.750. The van der Waals surface area contributed by atoms with Gasteiger partial charge in [-0.25, -0.2) is 0 Å². The first-order valence-corrected chi connectivity index (χ1v) is 5.37. The molecular formula is C8H15N5OS. The SMILES string of the molecule is CC(C)(C)C(N)CC(=O)Nc1nnns1. The van der Waals surface area contributed by atoms with Gasteiger partial charge in [0.05, 0.1) is 0 Å². The van der Waals surface area contributed by atoms with Gasteiger partial charge in [0.1, 0.15) is 0 Å². The highest BCUT2D eigenvalue weighted by Gasteiger charge is 2.23. The Hall–Kier alpha value is -1.08. The first-order valence-electron chi connectivity index (χ1n) is 4.60. The number of carbonyl (C=O) groups excluding carboxylic acids is 1. The van der Waals surface area contributed by atoms with Crippen molar-refractivity contribution in [3.63, 3.8) is 0 Å². The van der Waals surface area contributed by atoms with Gasteiger partial charge in [0, 0.05) is 24.0 Å². The molecule has 1 heterocycles. The molecule has 0 saturated carbocycles. The molecule has 0 aliphatic carbocycles. The number of nitrogens with one attached hydrogen (secondary N) is 1. The molecule has 1 amide bonds. The van der Waals surface area contributed by atoms with Crippen LogP contribution in [0.15, 0.2) is 0 Å². The van der Waals surface area contributed by atoms with E-state index in [9.17, 15) is 4.79 Å². The van der Waals surface area contributed by atoms with Gasteiger partial charge in [-0.1, -0.05) is 30.4 Å². The maximum Gasteiger partial charge on any atom is 0.231 e. The molecule has 0 radical (unpaired) electrons. The average molecular weight is 229 g/mol. The van der Waals surface area contributed by atoms with E-state index in [4.69, 9.17) is 5.73 Å². The van der Waals surface area contributed by atoms with E-state index in [1.54, 1.807) is 0 Å². The third kappa shape index (κ3) is 3.88. The smallest absolute Gasteiger partial charge is 0.231 e. The van der Waals surface area contributed by atoms with Gasteiger partial charge in [0.2, 0.25) is 11.0 Å². The van der Waals surface area contributed by atoms with Crippen molar-refractivity contribution in [3.8, 4) is 0 Å². The van der Waals surface area contributed by atoms with Crippen molar-refractivity contribution in [1.82, 2.24) is 14.8 Å². The number of hydrogen-bond donors (Lipinski definition) is 2. The van der Waals surface area contributed by atoms with Crippen molar-refractivity contribution in [3.05, 3.63) is 0 Å². The van der Waals surface area contributed by atoms with Crippen LogP contribution in [0.3, 0.4) is 0 Å². The minimum Gasteiger partial charge on any atom is -0.327 e. The second-order valence-electron chi connectivity index (χ2n) is 4.39. The lowest BCUT2D eigenvalue weighted by atomic mass is 9.85. The molecule has 1 rings (SSSR count). The molecule has 84 valence electrons. The van der Waals surface area contributed by atoms with E-state index in [1.165, 1.54) is 0 Å². The van der Waals surface area contributed by atoms with Crippen LogP contribution in [0.5, 0.6) is 0 Å². The summed E-state index contributed by atoms with van der Waals surface area (Å²) in [6.45, 7) is 5.99. The monoisotopic (exact) mass is 229 g/mol. The zero-order chi connectivity index (χ0) is 11.5. The molecule has 6 nitrogen and oxygen atoms in total. The van der Waals surface area contributed by atoms with Crippen molar-refractivity contribution in [2.45, 2.75) is 33.2 Å². The van der Waals surface area contributed by atoms with E-state index >= 15 is 0 Å². The third-order valence-corrected chi connectivity index (χ3v) is 2.57. The highest BCUT2D eigenvalue weighted by atomic mass is 32.1. The second-order valence-corrected chi connectivity index (χ2v) is 5.12. The van der Waals surface area contributed by atoms with Crippen LogP contribution in [0.1, 0.15) is 27.2 Å². The first kappa shape index (κ1) is 12.0. The molecule has 1 atom stereocenters. The summed E-state index contributed by atoms with van der Waals surface area (Å²) in [7, 11) is 0. The van der Waals surface area contributed by atoms with Crippen LogP contribution in [0, 0.1) is 5.41 Å². The zero-order valence-electron chi connectivity index (χ0n) is 9.02. The number of anilines is 1. The number of aromatic nitrogens is 3. The topological polar surface area (TPSA) is 93.8 Å². The minimum atomic E-state index is -0.182. The minimum absolute atomic E-state index is 0.0866. The van der Waals surface area contributed by atoms with E-state index < -0.39 is 0 Å². The Morgan fingerprint density at radius 3 is 2.73 bits per heavy atom. The third-order valence-electron chi connectivity index (χ3n) is 2.06. The number of carbonyl (C=O) groups is 1. The Labute approximate surface area is 92.4 Å². The quantitative estimate of drug-likeness (QED) is 0.793. The van der Waals surface area contributed by atoms with E-state index in [0.29, 0.717) is 5.13 Å². The highest BCUT2D eigenvalue weighted by molar-refractivity contribution is 7.09. The molecule has 7 heteroatoms. The van der Waals surface area contributed by atoms with Gasteiger partial charge in [0.25, 0.3) is 0 Å². The fourth-order valence-electron chi connectivity index (χ4n) is 0.858. The van der Waals surface area contributed by atoms with Crippen LogP contribution < -0.4 is 11.1 Å². The van der Waals surface area contributed by atoms with Gasteiger partial charge in [-0.15, -0.1) is 0 Å². The number of rotatable bonds is 3. The maximum absolute atomic E-state index is 11.5. The van der Waals surface area contributed by atoms with Crippen molar-refractivity contribution in [1.29, 1.82) is 0 Å². The molecule has 0 aliphatic rings. The lowest BCUT2D eigenvalue weighted by Crippen LogP contribution is -2.38. The van der Waals surface area contributed by atoms with E-state index in [2.05, 4.69) is 20.1 Å². The normalized spacial score (nSPS) is 13.6. The molecule has 0 spiro atoms. The molecule has 1 aromatic rings. The average Bonchev–Trinajstić information content (AvgIpc) is 2.54. The molecular weight excluding hydrogens is 214 g/mol. The van der Waals surface area contributed by atoms with Gasteiger partial charge < -0.3 is 5.73 Å². The van der Waals surface area contributed by atoms with Crippen LogP contribution in [-0.4, -0.2) is 26.7 Å². The van der Waals surface area contributed by atoms with Crippen molar-refractivity contribution in [2.75, 3.05) is 5.32 Å². The standard InChI is InChI=1S/C8H15N5OS/c1-8(2,3)5(9)4-6(14)10-7-11-12-13-15-7/h5H,4,9H2,1-3H3,(H,10,11,13,14). The van der Waals surface area contributed by atoms with Crippen LogP contribution in [-0.2, 0) is 4.79 Å². The van der Waals surface area contributed by atoms with E-state index in [-0.39, 0.29) is 23.8 Å². The number of nitrogens with two attached hydrogens (primary N) is 1. The Kier molecular flexibility index (Phi) is 3.70. The summed E-state index contributed by atoms with van der Waals surface area (Å²) < 4.78 is 3.54. The lowest BCUT2D eigenvalue weighted by molar-refractivity contribution is -0.117. The highest BCUT2D eigenvalue weighted by Crippen LogP contribution is 2.20. The Balaban J connectivity index is 2.43. The van der Waals surface area contributed by atoms with Gasteiger partial charge >= 0.3 is 0 Å². The van der Waals surface area contributed by atoms with Crippen LogP contribution >= 0.6 is 11.5 Å². The molecule has 1 aromatic heterocycles. The molecule has 3 N–H and O–H groups in total. The van der Waals surface area contributed by atoms with Gasteiger partial charge in [0.15, 0.2) is 0 Å². The summed E-state index contributed by atoms with van der Waals surface area (Å²) in [4.78, 5) is 11.5. The Morgan fingerprint density at radius 2 is 2.27 bits per heavy atom. The van der Waals surface area contributed by atoms with Crippen LogP contribution in [0.4, 0.5) is 5.13 Å². The second kappa shape index (κ2) is 4.63. The van der Waals surface area contributed by atoms with E-state index in [0.717, 1.165) is 11.5 Å². The van der Waals surface area contributed by atoms with Gasteiger partial charge in [-0.2, -0.15) is 0 Å². The predicted molar refractivity (Wildman–Crippen MR) is 58.4 cm³/mol. The summed E-state index contributed by atoms with van der Waals surface area (Å²) in [6.07, 6.45) is 0.267. The summed E-state index contributed by atoms with van der Waals surface area (Å²) >= 11 is 1.04. The largest absolute Gasteiger partial charge is 0.327 e. The molecule has 1 unspecified atom stereocenters. The molecule has 15 heavy (non-hydrogen) atoms. The molecule has 0 fully saturated rings. The van der Waals surface area contributed by atoms with Crippen molar-refractivity contribution >= 4 is 22.6 Å². The van der Waals surface area contributed by atoms with E-state index in [1.807, 2.05) is 20.8 Å². The summed E-state index contributed by atoms with van der Waals surface area (Å²) in [5.74, 6) is -0.157. The predicted octanol–water partition coefficient (Wildman–Crippen LogP) is 0.635. The summed E-state index contributed by atoms with van der Waals surface area (Å²) in [5, 5.41) is 9.98. The lowest BCUT2D eigenvalue weighted by Gasteiger charge is -2.26. The summed E-state index contributed by atoms with van der Waals surface area (Å²) in [6, 6.07) is -0.182. The van der Waals surface area contributed by atoms with Crippen molar-refractivity contribution in [2.24, 2.45) is 11.1 Å². The molecule has 0 aromatic carbocycles. The Bertz CT molecular complexity index is 318. The summed E-state index contributed by atoms with van der Waals surface area (Å²) in [5.41, 5.74) is 5.78. The van der Waals surface area contributed by atoms with Crippen LogP contribution in [0.25, 0.3) is 0 Å². The van der Waals surface area contributed by atoms with Crippen LogP contribution in [0.2, 0.25) is 0 Å². The Morgan fingerprint density at radius 1 is 1.60 bits per heavy atom. The van der Waals surface area contributed by atoms with Gasteiger partial charge in [-0.3, -0.25) is 10.1 Å². The number of hydrogen-bond acceptors (Lipinski definition) is 6. The fourth-order valence-corrected chi connectivity index (χ4v) is 1.24. The van der Waals surface area contributed by atoms with Gasteiger partial charge in [-0.05, 0) is 10.6 Å². The maximum atomic E-state index is 11.5.